The van der Waals surface area contributed by atoms with Crippen molar-refractivity contribution in [2.45, 2.75) is 24.9 Å². The normalized spacial score (nSPS) is 32.0. The number of aliphatic hydroxyl groups is 1. The molecule has 0 saturated carbocycles. The number of hydrogen-bond acceptors (Lipinski definition) is 1. The molecule has 1 rings (SSSR count). The Bertz CT molecular complexity index is 185. The molecule has 12 heavy (non-hydrogen) atoms. The molecule has 0 aliphatic heterocycles. The molecule has 0 saturated heterocycles. The van der Waals surface area contributed by atoms with Gasteiger partial charge in [0, 0.05) is 5.75 Å². The maximum absolute atomic E-state index is 10.1. The van der Waals surface area contributed by atoms with Crippen LogP contribution in [0.4, 0.5) is 0 Å². The van der Waals surface area contributed by atoms with E-state index in [0.29, 0.717) is 0 Å². The van der Waals surface area contributed by atoms with Crippen LogP contribution in [0.1, 0.15) is 19.3 Å². The van der Waals surface area contributed by atoms with Crippen LogP contribution in [0.25, 0.3) is 0 Å². The van der Waals surface area contributed by atoms with E-state index >= 15 is 0 Å². The fourth-order valence-corrected chi connectivity index (χ4v) is 4.67. The predicted molar refractivity (Wildman–Crippen MR) is 66.3 cm³/mol. The number of halogens is 1. The van der Waals surface area contributed by atoms with Crippen LogP contribution in [0.2, 0.25) is 0 Å². The molecule has 3 heteroatoms. The van der Waals surface area contributed by atoms with Crippen LogP contribution < -0.4 is 0 Å². The first-order chi connectivity index (χ1) is 5.41. The molecule has 1 atom stereocenters. The fourth-order valence-electron chi connectivity index (χ4n) is 1.63. The van der Waals surface area contributed by atoms with E-state index in [-0.39, 0.29) is 0 Å². The summed E-state index contributed by atoms with van der Waals surface area (Å²) in [6, 6.07) is 0. The second-order valence-corrected chi connectivity index (χ2v) is 14.2. The molecule has 0 aromatic heterocycles. The lowest BCUT2D eigenvalue weighted by atomic mass is 9.93. The topological polar surface area (TPSA) is 20.2 Å². The fraction of sp³-hybridized carbons (Fsp3) is 0.778. The smallest absolute Gasteiger partial charge is 0.0909 e. The van der Waals surface area contributed by atoms with Crippen molar-refractivity contribution in [3.63, 3.8) is 0 Å². The summed E-state index contributed by atoms with van der Waals surface area (Å²) in [6.45, 7) is 0. The molecule has 1 unspecified atom stereocenters. The molecular formula is C9H17IOS. The third-order valence-corrected chi connectivity index (χ3v) is 4.12. The Kier molecular flexibility index (Phi) is 3.51. The van der Waals surface area contributed by atoms with Crippen molar-refractivity contribution in [2.75, 3.05) is 18.3 Å². The largest absolute Gasteiger partial charge is 0.385 e. The first-order valence-electron chi connectivity index (χ1n) is 4.22. The third kappa shape index (κ3) is 3.66. The second kappa shape index (κ2) is 3.88. The molecule has 1 aliphatic carbocycles. The average Bonchev–Trinajstić information content (AvgIpc) is 1.83. The highest BCUT2D eigenvalue weighted by molar-refractivity contribution is 14.2. The van der Waals surface area contributed by atoms with Crippen LogP contribution >= 0.6 is 28.4 Å². The minimum absolute atomic E-state index is 0.488. The molecule has 0 spiro atoms. The summed E-state index contributed by atoms with van der Waals surface area (Å²) in [5.41, 5.74) is -0.488. The maximum Gasteiger partial charge on any atom is 0.0909 e. The van der Waals surface area contributed by atoms with Crippen molar-refractivity contribution in [3.8, 4) is 0 Å². The van der Waals surface area contributed by atoms with E-state index in [4.69, 9.17) is 0 Å². The summed E-state index contributed by atoms with van der Waals surface area (Å²) in [6.07, 6.45) is 11.8. The van der Waals surface area contributed by atoms with Crippen LogP contribution in [0.15, 0.2) is 12.2 Å². The van der Waals surface area contributed by atoms with Gasteiger partial charge in [0.25, 0.3) is 0 Å². The average molecular weight is 300 g/mol. The molecule has 1 nitrogen and oxygen atoms in total. The SMILES string of the molecule is CS(C)(I)CC1(O)C=CCCC1. The Morgan fingerprint density at radius 1 is 1.58 bits per heavy atom. The Hall–Kier alpha value is 0.780. The quantitative estimate of drug-likeness (QED) is 0.614. The second-order valence-electron chi connectivity index (χ2n) is 3.95. The predicted octanol–water partition coefficient (Wildman–Crippen LogP) is 2.87. The van der Waals surface area contributed by atoms with Crippen LogP contribution in [-0.4, -0.2) is 29.0 Å². The molecule has 0 heterocycles. The summed E-state index contributed by atoms with van der Waals surface area (Å²) in [4.78, 5) is 0. The number of hydrogen-bond donors (Lipinski definition) is 1. The van der Waals surface area contributed by atoms with Gasteiger partial charge in [0.2, 0.25) is 0 Å². The first-order valence-corrected chi connectivity index (χ1v) is 9.38. The monoisotopic (exact) mass is 300 g/mol. The molecule has 0 aromatic carbocycles. The molecule has 72 valence electrons. The van der Waals surface area contributed by atoms with Gasteiger partial charge in [-0.1, -0.05) is 12.2 Å². The molecule has 0 aromatic rings. The molecule has 1 N–H and O–H groups in total. The van der Waals surface area contributed by atoms with Gasteiger partial charge in [-0.2, -0.15) is 7.20 Å². The lowest BCUT2D eigenvalue weighted by Crippen LogP contribution is -2.33. The summed E-state index contributed by atoms with van der Waals surface area (Å²) >= 11 is 2.48. The van der Waals surface area contributed by atoms with Gasteiger partial charge in [0.1, 0.15) is 0 Å². The van der Waals surface area contributed by atoms with Crippen molar-refractivity contribution in [1.82, 2.24) is 0 Å². The molecule has 0 radical (unpaired) electrons. The minimum Gasteiger partial charge on any atom is -0.385 e. The van der Waals surface area contributed by atoms with Crippen LogP contribution in [0.3, 0.4) is 0 Å². The summed E-state index contributed by atoms with van der Waals surface area (Å²) in [5.74, 6) is 0.942. The Balaban J connectivity index is 2.59. The minimum atomic E-state index is -0.613. The molecule has 0 fully saturated rings. The zero-order valence-corrected chi connectivity index (χ0v) is 10.7. The highest BCUT2D eigenvalue weighted by Gasteiger charge is 2.29. The van der Waals surface area contributed by atoms with Crippen molar-refractivity contribution < 1.29 is 5.11 Å². The lowest BCUT2D eigenvalue weighted by molar-refractivity contribution is 0.0994. The summed E-state index contributed by atoms with van der Waals surface area (Å²) < 4.78 is 0. The highest BCUT2D eigenvalue weighted by atomic mass is 127. The van der Waals surface area contributed by atoms with Crippen molar-refractivity contribution in [1.29, 1.82) is 0 Å². The van der Waals surface area contributed by atoms with Gasteiger partial charge in [-0.15, -0.1) is 0 Å². The zero-order valence-electron chi connectivity index (χ0n) is 7.72. The van der Waals surface area contributed by atoms with Crippen LogP contribution in [0, 0.1) is 0 Å². The van der Waals surface area contributed by atoms with E-state index in [0.717, 1.165) is 25.0 Å². The number of allylic oxidation sites excluding steroid dienone is 1. The van der Waals surface area contributed by atoms with E-state index in [2.05, 4.69) is 39.8 Å². The van der Waals surface area contributed by atoms with Gasteiger partial charge < -0.3 is 5.11 Å². The Morgan fingerprint density at radius 3 is 2.67 bits per heavy atom. The summed E-state index contributed by atoms with van der Waals surface area (Å²) in [5, 5.41) is 10.1. The van der Waals surface area contributed by atoms with E-state index in [1.54, 1.807) is 0 Å². The van der Waals surface area contributed by atoms with Gasteiger partial charge in [0.05, 0.1) is 5.60 Å². The summed E-state index contributed by atoms with van der Waals surface area (Å²) in [7, 11) is -0.613. The highest BCUT2D eigenvalue weighted by Crippen LogP contribution is 2.52. The lowest BCUT2D eigenvalue weighted by Gasteiger charge is -2.35. The van der Waals surface area contributed by atoms with Gasteiger partial charge in [-0.25, -0.2) is 0 Å². The van der Waals surface area contributed by atoms with Gasteiger partial charge in [0.15, 0.2) is 0 Å². The Labute approximate surface area is 88.5 Å². The van der Waals surface area contributed by atoms with Gasteiger partial charge in [-0.05, 0) is 53.0 Å². The molecule has 1 aliphatic rings. The van der Waals surface area contributed by atoms with Crippen molar-refractivity contribution in [2.24, 2.45) is 0 Å². The first kappa shape index (κ1) is 10.9. The number of rotatable bonds is 2. The van der Waals surface area contributed by atoms with Gasteiger partial charge in [-0.3, -0.25) is 0 Å². The molecule has 0 bridgehead atoms. The van der Waals surface area contributed by atoms with Crippen molar-refractivity contribution in [3.05, 3.63) is 12.2 Å². The van der Waals surface area contributed by atoms with E-state index < -0.39 is 12.8 Å². The van der Waals surface area contributed by atoms with Crippen LogP contribution in [-0.2, 0) is 0 Å². The van der Waals surface area contributed by atoms with E-state index in [1.807, 2.05) is 6.08 Å². The van der Waals surface area contributed by atoms with E-state index in [1.165, 1.54) is 0 Å². The molecule has 0 amide bonds. The third-order valence-electron chi connectivity index (χ3n) is 2.00. The Morgan fingerprint density at radius 2 is 2.25 bits per heavy atom. The zero-order chi connectivity index (χ0) is 9.24. The van der Waals surface area contributed by atoms with Crippen molar-refractivity contribution >= 4 is 28.4 Å². The maximum atomic E-state index is 10.1. The molecular weight excluding hydrogens is 283 g/mol. The van der Waals surface area contributed by atoms with Crippen LogP contribution in [0.5, 0.6) is 0 Å². The standard InChI is InChI=1S/C9H17IOS/c1-12(2,10)8-9(11)6-4-3-5-7-9/h4,6,11H,3,5,7-8H2,1-2H3. The van der Waals surface area contributed by atoms with E-state index in [9.17, 15) is 5.11 Å². The van der Waals surface area contributed by atoms with Gasteiger partial charge >= 0.3 is 0 Å².